The van der Waals surface area contributed by atoms with Crippen LogP contribution in [0.5, 0.6) is 0 Å². The van der Waals surface area contributed by atoms with Crippen LogP contribution in [0.25, 0.3) is 22.0 Å². The van der Waals surface area contributed by atoms with Gasteiger partial charge in [0.1, 0.15) is 0 Å². The SMILES string of the molecule is NS(=O)(=O)c1ccc(Nc2ncc3ccc(-c4cccc(NS(=O)O)c4)cc3n2)cc1. The summed E-state index contributed by atoms with van der Waals surface area (Å²) in [5, 5.41) is 8.99. The van der Waals surface area contributed by atoms with Crippen LogP contribution in [-0.2, 0) is 21.3 Å². The summed E-state index contributed by atoms with van der Waals surface area (Å²) >= 11 is -2.15. The molecule has 1 aromatic heterocycles. The number of hydrogen-bond acceptors (Lipinski definition) is 6. The first-order valence-corrected chi connectivity index (χ1v) is 11.6. The van der Waals surface area contributed by atoms with Crippen LogP contribution in [0.1, 0.15) is 0 Å². The first-order chi connectivity index (χ1) is 14.8. The first-order valence-electron chi connectivity index (χ1n) is 8.92. The molecule has 5 N–H and O–H groups in total. The molecule has 0 fully saturated rings. The molecule has 1 atom stereocenters. The van der Waals surface area contributed by atoms with Crippen LogP contribution >= 0.6 is 0 Å². The second-order valence-corrected chi connectivity index (χ2v) is 8.86. The van der Waals surface area contributed by atoms with Crippen molar-refractivity contribution in [1.29, 1.82) is 0 Å². The molecule has 0 bridgehead atoms. The maximum atomic E-state index is 11.4. The monoisotopic (exact) mass is 455 g/mol. The Morgan fingerprint density at radius 1 is 0.935 bits per heavy atom. The minimum Gasteiger partial charge on any atom is -0.324 e. The van der Waals surface area contributed by atoms with Crippen molar-refractivity contribution in [3.05, 3.63) is 72.9 Å². The Bertz CT molecular complexity index is 1390. The number of sulfonamides is 1. The van der Waals surface area contributed by atoms with Crippen LogP contribution in [0, 0.1) is 0 Å². The standard InChI is InChI=1S/C20H17N5O4S2/c21-31(28,29)18-8-6-16(7-9-18)23-20-22-12-15-5-4-14(11-19(15)24-20)13-2-1-3-17(10-13)25-30(26)27/h1-12,25H,(H,26,27)(H2,21,28,29)(H,22,23,24). The lowest BCUT2D eigenvalue weighted by molar-refractivity contribution is 0.570. The lowest BCUT2D eigenvalue weighted by Crippen LogP contribution is -2.11. The molecular formula is C20H17N5O4S2. The van der Waals surface area contributed by atoms with Crippen molar-refractivity contribution in [1.82, 2.24) is 9.97 Å². The maximum absolute atomic E-state index is 11.4. The second kappa shape index (κ2) is 8.40. The van der Waals surface area contributed by atoms with Gasteiger partial charge in [0.05, 0.1) is 10.4 Å². The van der Waals surface area contributed by atoms with Crippen molar-refractivity contribution in [2.45, 2.75) is 4.90 Å². The zero-order valence-electron chi connectivity index (χ0n) is 15.9. The summed E-state index contributed by atoms with van der Waals surface area (Å²) in [5.41, 5.74) is 3.55. The van der Waals surface area contributed by atoms with E-state index in [9.17, 15) is 12.6 Å². The molecule has 9 nitrogen and oxygen atoms in total. The Kier molecular flexibility index (Phi) is 5.65. The molecule has 4 rings (SSSR count). The number of nitrogens with two attached hydrogens (primary N) is 1. The lowest BCUT2D eigenvalue weighted by atomic mass is 10.0. The summed E-state index contributed by atoms with van der Waals surface area (Å²) in [6.45, 7) is 0. The highest BCUT2D eigenvalue weighted by Crippen LogP contribution is 2.26. The van der Waals surface area contributed by atoms with Crippen LogP contribution in [0.4, 0.5) is 17.3 Å². The molecule has 3 aromatic carbocycles. The van der Waals surface area contributed by atoms with Gasteiger partial charge >= 0.3 is 0 Å². The summed E-state index contributed by atoms with van der Waals surface area (Å²) in [6.07, 6.45) is 1.68. The highest BCUT2D eigenvalue weighted by molar-refractivity contribution is 7.89. The predicted octanol–water partition coefficient (Wildman–Crippen LogP) is 3.24. The molecule has 0 aliphatic carbocycles. The normalized spacial score (nSPS) is 12.5. The van der Waals surface area contributed by atoms with Gasteiger partial charge in [-0.1, -0.05) is 24.3 Å². The van der Waals surface area contributed by atoms with Crippen molar-refractivity contribution in [2.75, 3.05) is 10.0 Å². The molecule has 1 heterocycles. The lowest BCUT2D eigenvalue weighted by Gasteiger charge is -2.09. The second-order valence-electron chi connectivity index (χ2n) is 6.59. The highest BCUT2D eigenvalue weighted by atomic mass is 32.2. The molecule has 0 radical (unpaired) electrons. The average molecular weight is 456 g/mol. The van der Waals surface area contributed by atoms with Crippen LogP contribution in [0.2, 0.25) is 0 Å². The summed E-state index contributed by atoms with van der Waals surface area (Å²) in [4.78, 5) is 8.83. The molecule has 0 amide bonds. The number of anilines is 3. The third-order valence-electron chi connectivity index (χ3n) is 4.42. The van der Waals surface area contributed by atoms with E-state index >= 15 is 0 Å². The topological polar surface area (TPSA) is 147 Å². The van der Waals surface area contributed by atoms with Crippen molar-refractivity contribution >= 4 is 49.5 Å². The van der Waals surface area contributed by atoms with E-state index in [1.807, 2.05) is 24.3 Å². The minimum atomic E-state index is -3.76. The van der Waals surface area contributed by atoms with Gasteiger partial charge in [-0.3, -0.25) is 9.27 Å². The van der Waals surface area contributed by atoms with Crippen molar-refractivity contribution < 1.29 is 17.2 Å². The molecule has 11 heteroatoms. The zero-order chi connectivity index (χ0) is 22.0. The fourth-order valence-corrected chi connectivity index (χ4v) is 3.83. The van der Waals surface area contributed by atoms with Crippen molar-refractivity contribution in [3.8, 4) is 11.1 Å². The van der Waals surface area contributed by atoms with E-state index in [0.717, 1.165) is 16.5 Å². The van der Waals surface area contributed by atoms with Crippen LogP contribution in [0.3, 0.4) is 0 Å². The predicted molar refractivity (Wildman–Crippen MR) is 120 cm³/mol. The quantitative estimate of drug-likeness (QED) is 0.326. The number of aromatic nitrogens is 2. The summed E-state index contributed by atoms with van der Waals surface area (Å²) in [7, 11) is -3.76. The van der Waals surface area contributed by atoms with Gasteiger partial charge in [-0.25, -0.2) is 27.7 Å². The maximum Gasteiger partial charge on any atom is 0.259 e. The average Bonchev–Trinajstić information content (AvgIpc) is 2.73. The Labute approximate surface area is 180 Å². The number of benzene rings is 3. The van der Waals surface area contributed by atoms with E-state index in [4.69, 9.17) is 9.69 Å². The number of primary sulfonamides is 1. The third kappa shape index (κ3) is 5.03. The van der Waals surface area contributed by atoms with E-state index in [2.05, 4.69) is 20.0 Å². The summed E-state index contributed by atoms with van der Waals surface area (Å²) in [6, 6.07) is 18.8. The molecule has 1 unspecified atom stereocenters. The molecule has 0 saturated heterocycles. The summed E-state index contributed by atoms with van der Waals surface area (Å²) < 4.78 is 45.2. The fourth-order valence-electron chi connectivity index (χ4n) is 2.98. The van der Waals surface area contributed by atoms with Gasteiger partial charge < -0.3 is 5.32 Å². The number of hydrogen-bond donors (Lipinski definition) is 4. The van der Waals surface area contributed by atoms with E-state index in [0.29, 0.717) is 22.8 Å². The Hall–Kier alpha value is -3.38. The van der Waals surface area contributed by atoms with Crippen LogP contribution in [-0.4, -0.2) is 27.1 Å². The van der Waals surface area contributed by atoms with Gasteiger partial charge in [0.2, 0.25) is 16.0 Å². The highest BCUT2D eigenvalue weighted by Gasteiger charge is 2.08. The number of nitrogens with zero attached hydrogens (tertiary/aromatic N) is 2. The first kappa shape index (κ1) is 20.9. The van der Waals surface area contributed by atoms with Crippen LogP contribution < -0.4 is 15.2 Å². The molecule has 4 aromatic rings. The molecule has 31 heavy (non-hydrogen) atoms. The third-order valence-corrected chi connectivity index (χ3v) is 5.76. The van der Waals surface area contributed by atoms with E-state index in [1.165, 1.54) is 12.1 Å². The van der Waals surface area contributed by atoms with Crippen LogP contribution in [0.15, 0.2) is 77.8 Å². The van der Waals surface area contributed by atoms with Gasteiger partial charge in [-0.15, -0.1) is 0 Å². The van der Waals surface area contributed by atoms with Gasteiger partial charge in [0.15, 0.2) is 0 Å². The Morgan fingerprint density at radius 2 is 1.68 bits per heavy atom. The Balaban J connectivity index is 1.62. The van der Waals surface area contributed by atoms with Crippen molar-refractivity contribution in [3.63, 3.8) is 0 Å². The van der Waals surface area contributed by atoms with Gasteiger partial charge in [0.25, 0.3) is 11.3 Å². The minimum absolute atomic E-state index is 0.0175. The van der Waals surface area contributed by atoms with E-state index < -0.39 is 21.3 Å². The zero-order valence-corrected chi connectivity index (χ0v) is 17.5. The van der Waals surface area contributed by atoms with Gasteiger partial charge in [0, 0.05) is 23.0 Å². The molecule has 0 saturated carbocycles. The molecule has 0 spiro atoms. The smallest absolute Gasteiger partial charge is 0.259 e. The molecule has 158 valence electrons. The molecule has 0 aliphatic heterocycles. The number of nitrogens with one attached hydrogen (secondary N) is 2. The van der Waals surface area contributed by atoms with E-state index in [1.54, 1.807) is 36.5 Å². The van der Waals surface area contributed by atoms with Gasteiger partial charge in [-0.05, 0) is 53.6 Å². The summed E-state index contributed by atoms with van der Waals surface area (Å²) in [5.74, 6) is 0.346. The molecular weight excluding hydrogens is 438 g/mol. The fraction of sp³-hybridized carbons (Fsp3) is 0. The molecule has 0 aliphatic rings. The number of rotatable bonds is 6. The van der Waals surface area contributed by atoms with Gasteiger partial charge in [-0.2, -0.15) is 0 Å². The van der Waals surface area contributed by atoms with Crippen molar-refractivity contribution in [2.24, 2.45) is 5.14 Å². The number of fused-ring (bicyclic) bond motifs is 1. The largest absolute Gasteiger partial charge is 0.324 e. The Morgan fingerprint density at radius 3 is 2.39 bits per heavy atom. The van der Waals surface area contributed by atoms with E-state index in [-0.39, 0.29) is 4.90 Å².